The molecule has 1 unspecified atom stereocenters. The summed E-state index contributed by atoms with van der Waals surface area (Å²) in [4.78, 5) is 23.2. The summed E-state index contributed by atoms with van der Waals surface area (Å²) in [7, 11) is 0. The third-order valence-corrected chi connectivity index (χ3v) is 3.71. The van der Waals surface area contributed by atoms with Gasteiger partial charge in [-0.15, -0.1) is 0 Å². The molecule has 0 spiro atoms. The predicted octanol–water partition coefficient (Wildman–Crippen LogP) is 5.27. The molecule has 0 N–H and O–H groups in total. The Morgan fingerprint density at radius 3 is 2.14 bits per heavy atom. The number of hydrogen-bond donors (Lipinski definition) is 0. The topological polar surface area (TPSA) is 43.4 Å². The number of esters is 2. The molecule has 0 heterocycles. The van der Waals surface area contributed by atoms with E-state index in [9.17, 15) is 9.59 Å². The second kappa shape index (κ2) is 12.8. The maximum absolute atomic E-state index is 11.7. The van der Waals surface area contributed by atoms with E-state index < -0.39 is 0 Å². The summed E-state index contributed by atoms with van der Waals surface area (Å²) in [6, 6.07) is 0. The molecule has 0 saturated carbocycles. The number of ether oxygens (including phenoxy) is 1. The van der Waals surface area contributed by atoms with Crippen molar-refractivity contribution in [1.29, 1.82) is 0 Å². The predicted molar refractivity (Wildman–Crippen MR) is 86.9 cm³/mol. The summed E-state index contributed by atoms with van der Waals surface area (Å²) in [5.41, 5.74) is 0. The Hall–Kier alpha value is -0.860. The molecule has 0 bridgehead atoms. The van der Waals surface area contributed by atoms with Gasteiger partial charge >= 0.3 is 11.9 Å². The van der Waals surface area contributed by atoms with Crippen molar-refractivity contribution in [3.8, 4) is 0 Å². The minimum atomic E-state index is -0.356. The number of rotatable bonds is 12. The fourth-order valence-electron chi connectivity index (χ4n) is 2.35. The van der Waals surface area contributed by atoms with Crippen molar-refractivity contribution in [1.82, 2.24) is 0 Å². The average molecular weight is 298 g/mol. The second-order valence-electron chi connectivity index (χ2n) is 6.64. The minimum Gasteiger partial charge on any atom is -0.393 e. The highest BCUT2D eigenvalue weighted by Crippen LogP contribution is 2.16. The van der Waals surface area contributed by atoms with E-state index in [2.05, 4.69) is 27.7 Å². The minimum absolute atomic E-state index is 0.300. The molecule has 3 nitrogen and oxygen atoms in total. The van der Waals surface area contributed by atoms with Crippen LogP contribution in [0.5, 0.6) is 0 Å². The van der Waals surface area contributed by atoms with Crippen LogP contribution in [0, 0.1) is 11.8 Å². The molecule has 0 aliphatic carbocycles. The first-order chi connectivity index (χ1) is 9.95. The SMILES string of the molecule is CCCCCCCC(=O)OC(=O)CC(C)CCCC(C)C. The molecule has 1 atom stereocenters. The highest BCUT2D eigenvalue weighted by atomic mass is 16.6. The molecule has 0 aromatic carbocycles. The molecule has 124 valence electrons. The number of hydrogen-bond acceptors (Lipinski definition) is 3. The van der Waals surface area contributed by atoms with Crippen LogP contribution in [0.2, 0.25) is 0 Å². The van der Waals surface area contributed by atoms with Crippen LogP contribution in [-0.2, 0) is 14.3 Å². The highest BCUT2D eigenvalue weighted by molar-refractivity contribution is 5.85. The van der Waals surface area contributed by atoms with Gasteiger partial charge in [0.1, 0.15) is 0 Å². The van der Waals surface area contributed by atoms with Gasteiger partial charge in [-0.25, -0.2) is 0 Å². The highest BCUT2D eigenvalue weighted by Gasteiger charge is 2.14. The van der Waals surface area contributed by atoms with Gasteiger partial charge in [-0.3, -0.25) is 9.59 Å². The van der Waals surface area contributed by atoms with Crippen LogP contribution in [0.15, 0.2) is 0 Å². The van der Waals surface area contributed by atoms with E-state index in [0.29, 0.717) is 24.7 Å². The van der Waals surface area contributed by atoms with Crippen LogP contribution in [0.1, 0.15) is 91.9 Å². The Morgan fingerprint density at radius 2 is 1.52 bits per heavy atom. The lowest BCUT2D eigenvalue weighted by atomic mass is 9.97. The van der Waals surface area contributed by atoms with Crippen LogP contribution in [0.3, 0.4) is 0 Å². The smallest absolute Gasteiger partial charge is 0.313 e. The maximum Gasteiger partial charge on any atom is 0.313 e. The molecule has 0 aliphatic heterocycles. The van der Waals surface area contributed by atoms with E-state index in [1.807, 2.05) is 0 Å². The Balaban J connectivity index is 3.64. The monoisotopic (exact) mass is 298 g/mol. The van der Waals surface area contributed by atoms with Crippen LogP contribution in [0.25, 0.3) is 0 Å². The van der Waals surface area contributed by atoms with Gasteiger partial charge in [0.15, 0.2) is 0 Å². The van der Waals surface area contributed by atoms with Crippen LogP contribution < -0.4 is 0 Å². The standard InChI is InChI=1S/C18H34O3/c1-5-6-7-8-9-13-17(19)21-18(20)14-16(4)12-10-11-15(2)3/h15-16H,5-14H2,1-4H3. The van der Waals surface area contributed by atoms with Gasteiger partial charge in [0.05, 0.1) is 0 Å². The Bertz CT molecular complexity index is 284. The van der Waals surface area contributed by atoms with Crippen molar-refractivity contribution in [2.45, 2.75) is 91.9 Å². The molecule has 21 heavy (non-hydrogen) atoms. The van der Waals surface area contributed by atoms with Crippen molar-refractivity contribution >= 4 is 11.9 Å². The number of carbonyl (C=O) groups is 2. The van der Waals surface area contributed by atoms with E-state index in [0.717, 1.165) is 32.1 Å². The van der Waals surface area contributed by atoms with Gasteiger partial charge in [0, 0.05) is 12.8 Å². The van der Waals surface area contributed by atoms with Gasteiger partial charge in [-0.2, -0.15) is 0 Å². The fourth-order valence-corrected chi connectivity index (χ4v) is 2.35. The van der Waals surface area contributed by atoms with Gasteiger partial charge in [-0.1, -0.05) is 72.6 Å². The quantitative estimate of drug-likeness (QED) is 0.280. The van der Waals surface area contributed by atoms with Crippen molar-refractivity contribution in [3.05, 3.63) is 0 Å². The van der Waals surface area contributed by atoms with Crippen molar-refractivity contribution in [2.24, 2.45) is 11.8 Å². The zero-order valence-electron chi connectivity index (χ0n) is 14.5. The molecular formula is C18H34O3. The summed E-state index contributed by atoms with van der Waals surface area (Å²) in [5.74, 6) is 0.295. The van der Waals surface area contributed by atoms with Crippen molar-refractivity contribution < 1.29 is 14.3 Å². The van der Waals surface area contributed by atoms with E-state index in [-0.39, 0.29) is 11.9 Å². The zero-order chi connectivity index (χ0) is 16.1. The van der Waals surface area contributed by atoms with Gasteiger partial charge in [0.25, 0.3) is 0 Å². The molecule has 0 aliphatic rings. The number of carbonyl (C=O) groups excluding carboxylic acids is 2. The molecule has 0 aromatic heterocycles. The molecular weight excluding hydrogens is 264 g/mol. The van der Waals surface area contributed by atoms with E-state index in [4.69, 9.17) is 4.74 Å². The first kappa shape index (κ1) is 20.1. The zero-order valence-corrected chi connectivity index (χ0v) is 14.5. The first-order valence-electron chi connectivity index (χ1n) is 8.69. The summed E-state index contributed by atoms with van der Waals surface area (Å²) >= 11 is 0. The first-order valence-corrected chi connectivity index (χ1v) is 8.69. The second-order valence-corrected chi connectivity index (χ2v) is 6.64. The van der Waals surface area contributed by atoms with Crippen molar-refractivity contribution in [2.75, 3.05) is 0 Å². The third kappa shape index (κ3) is 13.9. The molecule has 0 radical (unpaired) electrons. The molecule has 0 saturated heterocycles. The molecule has 0 amide bonds. The Labute approximate surface area is 130 Å². The van der Waals surface area contributed by atoms with E-state index >= 15 is 0 Å². The Kier molecular flexibility index (Phi) is 12.3. The summed E-state index contributed by atoms with van der Waals surface area (Å²) < 4.78 is 4.88. The van der Waals surface area contributed by atoms with E-state index in [1.165, 1.54) is 19.3 Å². The molecule has 3 heteroatoms. The van der Waals surface area contributed by atoms with Crippen molar-refractivity contribution in [3.63, 3.8) is 0 Å². The van der Waals surface area contributed by atoms with Gasteiger partial charge < -0.3 is 4.74 Å². The van der Waals surface area contributed by atoms with Gasteiger partial charge in [0.2, 0.25) is 0 Å². The third-order valence-electron chi connectivity index (χ3n) is 3.71. The van der Waals surface area contributed by atoms with Crippen LogP contribution in [-0.4, -0.2) is 11.9 Å². The van der Waals surface area contributed by atoms with Crippen LogP contribution in [0.4, 0.5) is 0 Å². The summed E-state index contributed by atoms with van der Waals surface area (Å²) in [6.07, 6.45) is 9.52. The Morgan fingerprint density at radius 1 is 0.857 bits per heavy atom. The lowest BCUT2D eigenvalue weighted by molar-refractivity contribution is -0.160. The normalized spacial score (nSPS) is 12.4. The maximum atomic E-state index is 11.7. The fraction of sp³-hybridized carbons (Fsp3) is 0.889. The molecule has 0 aromatic rings. The lowest BCUT2D eigenvalue weighted by Crippen LogP contribution is -2.15. The van der Waals surface area contributed by atoms with Crippen LogP contribution >= 0.6 is 0 Å². The molecule has 0 fully saturated rings. The summed E-state index contributed by atoms with van der Waals surface area (Å²) in [5, 5.41) is 0. The summed E-state index contributed by atoms with van der Waals surface area (Å²) in [6.45, 7) is 8.63. The van der Waals surface area contributed by atoms with E-state index in [1.54, 1.807) is 0 Å². The largest absolute Gasteiger partial charge is 0.393 e. The van der Waals surface area contributed by atoms with Gasteiger partial charge in [-0.05, 0) is 18.3 Å². The lowest BCUT2D eigenvalue weighted by Gasteiger charge is -2.11. The number of unbranched alkanes of at least 4 members (excludes halogenated alkanes) is 4. The molecule has 0 rings (SSSR count). The average Bonchev–Trinajstić information content (AvgIpc) is 2.37.